The van der Waals surface area contributed by atoms with Crippen molar-refractivity contribution in [2.45, 2.75) is 50.2 Å². The molecule has 4 aromatic rings. The second-order valence-electron chi connectivity index (χ2n) is 9.61. The van der Waals surface area contributed by atoms with E-state index in [1.807, 2.05) is 30.3 Å². The van der Waals surface area contributed by atoms with Crippen LogP contribution in [0.4, 0.5) is 11.6 Å². The van der Waals surface area contributed by atoms with Crippen LogP contribution < -0.4 is 16.4 Å². The zero-order chi connectivity index (χ0) is 25.8. The lowest BCUT2D eigenvalue weighted by molar-refractivity contribution is -0.125. The molecule has 1 aliphatic rings. The van der Waals surface area contributed by atoms with E-state index in [0.29, 0.717) is 33.8 Å². The van der Waals surface area contributed by atoms with E-state index in [1.165, 1.54) is 37.7 Å². The number of imidazole rings is 1. The number of benzene rings is 3. The molecule has 1 heterocycles. The van der Waals surface area contributed by atoms with Crippen molar-refractivity contribution >= 4 is 34.5 Å². The summed E-state index contributed by atoms with van der Waals surface area (Å²) in [4.78, 5) is 33.3. The van der Waals surface area contributed by atoms with Gasteiger partial charge in [-0.1, -0.05) is 61.7 Å². The molecule has 0 radical (unpaired) electrons. The largest absolute Gasteiger partial charge is 0.381 e. The molecule has 0 bridgehead atoms. The van der Waals surface area contributed by atoms with E-state index in [-0.39, 0.29) is 11.9 Å². The van der Waals surface area contributed by atoms with Crippen molar-refractivity contribution in [2.75, 3.05) is 11.1 Å². The van der Waals surface area contributed by atoms with Gasteiger partial charge in [0.1, 0.15) is 0 Å². The number of carbonyl (C=O) groups excluding carboxylic acids is 2. The quantitative estimate of drug-likeness (QED) is 0.253. The first-order valence-corrected chi connectivity index (χ1v) is 12.7. The van der Waals surface area contributed by atoms with Crippen molar-refractivity contribution in [3.8, 4) is 0 Å². The molecular weight excluding hydrogens is 466 g/mol. The minimum atomic E-state index is -1.53. The van der Waals surface area contributed by atoms with Gasteiger partial charge in [0.25, 0.3) is 11.8 Å². The topological polar surface area (TPSA) is 133 Å². The molecule has 3 aromatic carbocycles. The minimum absolute atomic E-state index is 0.275. The summed E-state index contributed by atoms with van der Waals surface area (Å²) < 4.78 is 0. The fourth-order valence-corrected chi connectivity index (χ4v) is 5.05. The molecule has 2 amide bonds. The molecule has 0 aliphatic heterocycles. The molecule has 1 aliphatic carbocycles. The van der Waals surface area contributed by atoms with E-state index >= 15 is 0 Å². The summed E-state index contributed by atoms with van der Waals surface area (Å²) in [5, 5.41) is 16.6. The molecule has 2 atom stereocenters. The monoisotopic (exact) mass is 497 g/mol. The number of rotatable bonds is 7. The van der Waals surface area contributed by atoms with Crippen LogP contribution in [-0.4, -0.2) is 33.0 Å². The number of carbonyl (C=O) groups is 2. The van der Waals surface area contributed by atoms with Gasteiger partial charge in [0.05, 0.1) is 17.1 Å². The van der Waals surface area contributed by atoms with Gasteiger partial charge in [-0.2, -0.15) is 0 Å². The van der Waals surface area contributed by atoms with Crippen LogP contribution in [0.2, 0.25) is 0 Å². The minimum Gasteiger partial charge on any atom is -0.381 e. The zero-order valence-electron chi connectivity index (χ0n) is 20.5. The number of nitrogens with zero attached hydrogens (tertiary/aromatic N) is 1. The normalized spacial score (nSPS) is 15.7. The van der Waals surface area contributed by atoms with Gasteiger partial charge in [0, 0.05) is 11.3 Å². The first-order valence-electron chi connectivity index (χ1n) is 12.7. The number of H-pyrrole nitrogens is 1. The van der Waals surface area contributed by atoms with Crippen LogP contribution in [0.3, 0.4) is 0 Å². The summed E-state index contributed by atoms with van der Waals surface area (Å²) in [6.07, 6.45) is 4.62. The molecule has 8 nitrogen and oxygen atoms in total. The predicted octanol–water partition coefficient (Wildman–Crippen LogP) is 4.66. The van der Waals surface area contributed by atoms with Gasteiger partial charge in [0.15, 0.2) is 12.1 Å². The third-order valence-corrected chi connectivity index (χ3v) is 7.05. The molecule has 5 rings (SSSR count). The first kappa shape index (κ1) is 24.5. The van der Waals surface area contributed by atoms with Crippen molar-refractivity contribution in [3.63, 3.8) is 0 Å². The van der Waals surface area contributed by atoms with Gasteiger partial charge in [-0.3, -0.25) is 9.59 Å². The van der Waals surface area contributed by atoms with Crippen LogP contribution in [-0.2, 0) is 4.79 Å². The van der Waals surface area contributed by atoms with E-state index in [9.17, 15) is 14.7 Å². The molecule has 37 heavy (non-hydrogen) atoms. The fourth-order valence-electron chi connectivity index (χ4n) is 5.05. The lowest BCUT2D eigenvalue weighted by Gasteiger charge is -2.25. The zero-order valence-corrected chi connectivity index (χ0v) is 20.5. The van der Waals surface area contributed by atoms with E-state index in [0.717, 1.165) is 0 Å². The van der Waals surface area contributed by atoms with Crippen molar-refractivity contribution in [3.05, 3.63) is 89.5 Å². The van der Waals surface area contributed by atoms with Crippen molar-refractivity contribution in [1.29, 1.82) is 0 Å². The molecule has 1 aromatic heterocycles. The Kier molecular flexibility index (Phi) is 7.18. The fraction of sp³-hybridized carbons (Fsp3) is 0.276. The highest BCUT2D eigenvalue weighted by atomic mass is 16.3. The summed E-state index contributed by atoms with van der Waals surface area (Å²) in [6.45, 7) is 0. The Morgan fingerprint density at radius 3 is 2.43 bits per heavy atom. The lowest BCUT2D eigenvalue weighted by atomic mass is 9.84. The highest BCUT2D eigenvalue weighted by Crippen LogP contribution is 2.32. The van der Waals surface area contributed by atoms with Crippen molar-refractivity contribution in [1.82, 2.24) is 15.3 Å². The molecule has 6 N–H and O–H groups in total. The van der Waals surface area contributed by atoms with Crippen LogP contribution in [0.25, 0.3) is 11.0 Å². The summed E-state index contributed by atoms with van der Waals surface area (Å²) >= 11 is 0. The van der Waals surface area contributed by atoms with Crippen molar-refractivity contribution < 1.29 is 14.7 Å². The number of amides is 2. The Balaban J connectivity index is 1.32. The predicted molar refractivity (Wildman–Crippen MR) is 144 cm³/mol. The number of aliphatic hydroxyl groups is 1. The van der Waals surface area contributed by atoms with E-state index in [4.69, 9.17) is 5.73 Å². The second-order valence-corrected chi connectivity index (χ2v) is 9.61. The van der Waals surface area contributed by atoms with Gasteiger partial charge in [-0.15, -0.1) is 0 Å². The number of aromatic amines is 1. The number of fused-ring (bicyclic) bond motifs is 1. The van der Waals surface area contributed by atoms with Gasteiger partial charge in [0.2, 0.25) is 0 Å². The average Bonchev–Trinajstić information content (AvgIpc) is 3.31. The van der Waals surface area contributed by atoms with Crippen LogP contribution in [0.1, 0.15) is 65.5 Å². The summed E-state index contributed by atoms with van der Waals surface area (Å²) in [5.41, 5.74) is 9.85. The highest BCUT2D eigenvalue weighted by Gasteiger charge is 2.30. The summed E-state index contributed by atoms with van der Waals surface area (Å²) in [6, 6.07) is 20.8. The van der Waals surface area contributed by atoms with Crippen molar-refractivity contribution in [2.24, 2.45) is 0 Å². The Morgan fingerprint density at radius 1 is 0.973 bits per heavy atom. The van der Waals surface area contributed by atoms with E-state index in [2.05, 4.69) is 20.6 Å². The number of aliphatic hydroxyl groups excluding tert-OH is 1. The Morgan fingerprint density at radius 2 is 1.70 bits per heavy atom. The highest BCUT2D eigenvalue weighted by molar-refractivity contribution is 5.98. The number of anilines is 2. The third-order valence-electron chi connectivity index (χ3n) is 7.05. The maximum Gasteiger partial charge on any atom is 0.255 e. The van der Waals surface area contributed by atoms with Gasteiger partial charge < -0.3 is 26.5 Å². The van der Waals surface area contributed by atoms with Crippen LogP contribution >= 0.6 is 0 Å². The van der Waals surface area contributed by atoms with Crippen LogP contribution in [0, 0.1) is 0 Å². The SMILES string of the molecule is Nc1nc2ccc(NC(=O)C(O)C(NC(=O)c3ccc(C4CCCCC4)cc3)c3ccccc3)cc2[nH]1. The second kappa shape index (κ2) is 10.8. The standard InChI is InChI=1S/C29H31N5O3/c30-29-32-23-16-15-22(17-24(23)33-29)31-28(37)26(35)25(20-9-5-2-6-10-20)34-27(36)21-13-11-19(12-14-21)18-7-3-1-4-8-18/h2,5-6,9-18,25-26,35H,1,3-4,7-8H2,(H,31,37)(H,34,36)(H3,30,32,33). The van der Waals surface area contributed by atoms with Crippen LogP contribution in [0.5, 0.6) is 0 Å². The van der Waals surface area contributed by atoms with Crippen LogP contribution in [0.15, 0.2) is 72.8 Å². The number of nitrogens with one attached hydrogen (secondary N) is 3. The first-order chi connectivity index (χ1) is 18.0. The molecular formula is C29H31N5O3. The summed E-state index contributed by atoms with van der Waals surface area (Å²) in [5.74, 6) is -0.179. The van der Waals surface area contributed by atoms with Gasteiger partial charge in [-0.05, 0) is 60.2 Å². The van der Waals surface area contributed by atoms with Gasteiger partial charge in [-0.25, -0.2) is 4.98 Å². The average molecular weight is 498 g/mol. The number of aromatic nitrogens is 2. The molecule has 0 spiro atoms. The maximum atomic E-state index is 13.2. The molecule has 190 valence electrons. The summed E-state index contributed by atoms with van der Waals surface area (Å²) in [7, 11) is 0. The lowest BCUT2D eigenvalue weighted by Crippen LogP contribution is -2.42. The number of nitrogens with two attached hydrogens (primary N) is 1. The Hall–Kier alpha value is -4.17. The van der Waals surface area contributed by atoms with E-state index in [1.54, 1.807) is 42.5 Å². The third kappa shape index (κ3) is 5.65. The Labute approximate surface area is 215 Å². The molecule has 8 heteroatoms. The number of hydrogen-bond acceptors (Lipinski definition) is 5. The molecule has 0 saturated heterocycles. The smallest absolute Gasteiger partial charge is 0.255 e. The van der Waals surface area contributed by atoms with Gasteiger partial charge >= 0.3 is 0 Å². The Bertz CT molecular complexity index is 1380. The molecule has 2 unspecified atom stereocenters. The maximum absolute atomic E-state index is 13.2. The number of hydrogen-bond donors (Lipinski definition) is 5. The van der Waals surface area contributed by atoms with E-state index < -0.39 is 18.1 Å². The number of nitrogen functional groups attached to an aromatic ring is 1. The molecule has 1 fully saturated rings. The molecule has 1 saturated carbocycles.